The molecule has 1 aromatic carbocycles. The van der Waals surface area contributed by atoms with E-state index in [1.807, 2.05) is 26.8 Å². The minimum absolute atomic E-state index is 0.0895. The van der Waals surface area contributed by atoms with Crippen LogP contribution in [0.15, 0.2) is 12.1 Å². The van der Waals surface area contributed by atoms with Crippen molar-refractivity contribution in [2.75, 3.05) is 0 Å². The molecule has 0 radical (unpaired) electrons. The van der Waals surface area contributed by atoms with E-state index in [9.17, 15) is 4.39 Å². The molecular formula is C13H15F. The summed E-state index contributed by atoms with van der Waals surface area (Å²) in [6.07, 6.45) is 5.88. The summed E-state index contributed by atoms with van der Waals surface area (Å²) < 4.78 is 13.5. The quantitative estimate of drug-likeness (QED) is 0.628. The molecule has 14 heavy (non-hydrogen) atoms. The molecule has 1 atom stereocenters. The second-order valence-electron chi connectivity index (χ2n) is 3.80. The molecule has 1 unspecified atom stereocenters. The van der Waals surface area contributed by atoms with Crippen LogP contribution in [0, 0.1) is 37.9 Å². The van der Waals surface area contributed by atoms with Crippen LogP contribution in [-0.2, 0) is 6.42 Å². The lowest BCUT2D eigenvalue weighted by atomic mass is 9.98. The van der Waals surface area contributed by atoms with E-state index in [2.05, 4.69) is 5.92 Å². The molecule has 0 spiro atoms. The SMILES string of the molecule is C#CC(C)Cc1cc(C)c(C)cc1F. The lowest BCUT2D eigenvalue weighted by Crippen LogP contribution is -2.00. The molecule has 0 nitrogen and oxygen atoms in total. The topological polar surface area (TPSA) is 0 Å². The fraction of sp³-hybridized carbons (Fsp3) is 0.385. The molecule has 0 bridgehead atoms. The van der Waals surface area contributed by atoms with Crippen molar-refractivity contribution in [3.05, 3.63) is 34.6 Å². The molecule has 0 saturated heterocycles. The number of rotatable bonds is 2. The maximum Gasteiger partial charge on any atom is 0.126 e. The van der Waals surface area contributed by atoms with Crippen LogP contribution < -0.4 is 0 Å². The molecule has 74 valence electrons. The van der Waals surface area contributed by atoms with E-state index in [1.54, 1.807) is 6.07 Å². The number of hydrogen-bond acceptors (Lipinski definition) is 0. The summed E-state index contributed by atoms with van der Waals surface area (Å²) in [5.41, 5.74) is 2.82. The number of terminal acetylenes is 1. The van der Waals surface area contributed by atoms with Crippen molar-refractivity contribution in [3.63, 3.8) is 0 Å². The van der Waals surface area contributed by atoms with Crippen LogP contribution in [0.1, 0.15) is 23.6 Å². The molecule has 1 rings (SSSR count). The first-order valence-electron chi connectivity index (χ1n) is 4.76. The fourth-order valence-electron chi connectivity index (χ4n) is 1.39. The van der Waals surface area contributed by atoms with Crippen molar-refractivity contribution in [1.29, 1.82) is 0 Å². The summed E-state index contributed by atoms with van der Waals surface area (Å²) in [4.78, 5) is 0. The Morgan fingerprint density at radius 3 is 2.50 bits per heavy atom. The summed E-state index contributed by atoms with van der Waals surface area (Å²) in [7, 11) is 0. The standard InChI is InChI=1S/C13H15F/c1-5-9(2)6-12-7-10(3)11(4)8-13(12)14/h1,7-9H,6H2,2-4H3. The van der Waals surface area contributed by atoms with Gasteiger partial charge in [0.1, 0.15) is 5.82 Å². The lowest BCUT2D eigenvalue weighted by molar-refractivity contribution is 0.593. The van der Waals surface area contributed by atoms with Gasteiger partial charge in [-0.3, -0.25) is 0 Å². The molecule has 0 saturated carbocycles. The maximum atomic E-state index is 13.5. The van der Waals surface area contributed by atoms with Gasteiger partial charge in [-0.2, -0.15) is 0 Å². The van der Waals surface area contributed by atoms with E-state index in [0.717, 1.165) is 16.7 Å². The monoisotopic (exact) mass is 190 g/mol. The van der Waals surface area contributed by atoms with Crippen molar-refractivity contribution in [1.82, 2.24) is 0 Å². The highest BCUT2D eigenvalue weighted by Gasteiger charge is 2.07. The molecule has 1 heteroatoms. The van der Waals surface area contributed by atoms with Gasteiger partial charge in [0.15, 0.2) is 0 Å². The van der Waals surface area contributed by atoms with Crippen molar-refractivity contribution >= 4 is 0 Å². The van der Waals surface area contributed by atoms with E-state index in [-0.39, 0.29) is 11.7 Å². The molecule has 0 aromatic heterocycles. The van der Waals surface area contributed by atoms with Gasteiger partial charge in [0.25, 0.3) is 0 Å². The molecule has 0 fully saturated rings. The van der Waals surface area contributed by atoms with Gasteiger partial charge in [-0.25, -0.2) is 4.39 Å². The number of benzene rings is 1. The highest BCUT2D eigenvalue weighted by atomic mass is 19.1. The van der Waals surface area contributed by atoms with Gasteiger partial charge in [-0.15, -0.1) is 12.3 Å². The zero-order valence-corrected chi connectivity index (χ0v) is 8.89. The molecule has 0 aliphatic carbocycles. The van der Waals surface area contributed by atoms with Crippen molar-refractivity contribution < 1.29 is 4.39 Å². The fourth-order valence-corrected chi connectivity index (χ4v) is 1.39. The van der Waals surface area contributed by atoms with Gasteiger partial charge in [0.2, 0.25) is 0 Å². The molecule has 0 N–H and O–H groups in total. The van der Waals surface area contributed by atoms with E-state index < -0.39 is 0 Å². The minimum Gasteiger partial charge on any atom is -0.207 e. The number of hydrogen-bond donors (Lipinski definition) is 0. The minimum atomic E-state index is -0.143. The smallest absolute Gasteiger partial charge is 0.126 e. The predicted octanol–water partition coefficient (Wildman–Crippen LogP) is 3.25. The van der Waals surface area contributed by atoms with Gasteiger partial charge in [0.05, 0.1) is 0 Å². The van der Waals surface area contributed by atoms with Crippen LogP contribution in [0.25, 0.3) is 0 Å². The Kier molecular flexibility index (Phi) is 3.30. The normalized spacial score (nSPS) is 12.2. The third kappa shape index (κ3) is 2.35. The molecule has 0 amide bonds. The third-order valence-corrected chi connectivity index (χ3v) is 2.47. The summed E-state index contributed by atoms with van der Waals surface area (Å²) in [5, 5.41) is 0. The van der Waals surface area contributed by atoms with Crippen molar-refractivity contribution in [3.8, 4) is 12.3 Å². The summed E-state index contributed by atoms with van der Waals surface area (Å²) >= 11 is 0. The van der Waals surface area contributed by atoms with E-state index >= 15 is 0 Å². The molecule has 1 aromatic rings. The van der Waals surface area contributed by atoms with E-state index in [1.165, 1.54) is 0 Å². The molecule has 0 heterocycles. The van der Waals surface area contributed by atoms with Crippen LogP contribution in [-0.4, -0.2) is 0 Å². The molecular weight excluding hydrogens is 175 g/mol. The average molecular weight is 190 g/mol. The first-order chi connectivity index (χ1) is 6.54. The molecule has 0 aliphatic heterocycles. The summed E-state index contributed by atoms with van der Waals surface area (Å²) in [6, 6.07) is 3.46. The van der Waals surface area contributed by atoms with Crippen molar-refractivity contribution in [2.45, 2.75) is 27.2 Å². The van der Waals surface area contributed by atoms with Crippen LogP contribution in [0.2, 0.25) is 0 Å². The first-order valence-corrected chi connectivity index (χ1v) is 4.76. The summed E-state index contributed by atoms with van der Waals surface area (Å²) in [5.74, 6) is 2.55. The second-order valence-corrected chi connectivity index (χ2v) is 3.80. The van der Waals surface area contributed by atoms with Gasteiger partial charge in [0, 0.05) is 5.92 Å². The number of halogens is 1. The number of aryl methyl sites for hydroxylation is 2. The Labute approximate surface area is 85.2 Å². The Hall–Kier alpha value is -1.29. The first kappa shape index (κ1) is 10.8. The Morgan fingerprint density at radius 2 is 1.93 bits per heavy atom. The predicted molar refractivity (Wildman–Crippen MR) is 57.6 cm³/mol. The van der Waals surface area contributed by atoms with Gasteiger partial charge in [-0.05, 0) is 43.0 Å². The Balaban J connectivity index is 2.99. The van der Waals surface area contributed by atoms with Gasteiger partial charge in [-0.1, -0.05) is 13.0 Å². The Bertz CT molecular complexity index is 372. The van der Waals surface area contributed by atoms with Crippen LogP contribution in [0.5, 0.6) is 0 Å². The van der Waals surface area contributed by atoms with Crippen LogP contribution in [0.3, 0.4) is 0 Å². The maximum absolute atomic E-state index is 13.5. The zero-order valence-electron chi connectivity index (χ0n) is 8.89. The average Bonchev–Trinajstić information content (AvgIpc) is 2.14. The van der Waals surface area contributed by atoms with E-state index in [4.69, 9.17) is 6.42 Å². The highest BCUT2D eigenvalue weighted by Crippen LogP contribution is 2.17. The van der Waals surface area contributed by atoms with Crippen LogP contribution in [0.4, 0.5) is 4.39 Å². The lowest BCUT2D eigenvalue weighted by Gasteiger charge is -2.08. The van der Waals surface area contributed by atoms with Gasteiger partial charge < -0.3 is 0 Å². The van der Waals surface area contributed by atoms with E-state index in [0.29, 0.717) is 6.42 Å². The van der Waals surface area contributed by atoms with Crippen LogP contribution >= 0.6 is 0 Å². The second kappa shape index (κ2) is 4.28. The molecule has 0 aliphatic rings. The Morgan fingerprint density at radius 1 is 1.36 bits per heavy atom. The third-order valence-electron chi connectivity index (χ3n) is 2.47. The summed E-state index contributed by atoms with van der Waals surface area (Å²) in [6.45, 7) is 5.82. The van der Waals surface area contributed by atoms with Crippen molar-refractivity contribution in [2.24, 2.45) is 5.92 Å². The largest absolute Gasteiger partial charge is 0.207 e. The highest BCUT2D eigenvalue weighted by molar-refractivity contribution is 5.32. The zero-order chi connectivity index (χ0) is 10.7. The van der Waals surface area contributed by atoms with Gasteiger partial charge >= 0.3 is 0 Å².